The molecule has 0 unspecified atom stereocenters. The highest BCUT2D eigenvalue weighted by Gasteiger charge is 2.64. The molecule has 0 bridgehead atoms. The number of fused-ring (bicyclic) bond motifs is 5. The largest absolute Gasteiger partial charge is 0.492 e. The molecule has 16 nitrogen and oxygen atoms in total. The van der Waals surface area contributed by atoms with Crippen LogP contribution < -0.4 is 24.8 Å². The molecular formula is C47H64N6O10S. The molecule has 64 heavy (non-hydrogen) atoms. The fourth-order valence-electron chi connectivity index (χ4n) is 10.2. The standard InChI is InChI=1S/C47H64N6O10S/c1-4-35-39-33(34-27-32(13-14-36(34)48-35)61-26-23-52-21-24-60-25-22-52)15-18-46(62-39)29-38-40(54)50-47(42(56)51-64(58,59)45(3)19-20-45)28-31(47)11-8-6-5-7-9-12-37(41(55)53(38)30-46)49-43(57)63-44(2)16-10-17-44/h8,11,13-14,27,31,37-38H,4-7,9-10,12,15-26,28-30H2,1-3H3,(H,49,57)(H,50,54)(H,51,56)/b11-8-/t31-,37+,38+,46-,47-/m1/s1. The van der Waals surface area contributed by atoms with Crippen molar-refractivity contribution in [3.8, 4) is 11.5 Å². The van der Waals surface area contributed by atoms with Crippen molar-refractivity contribution in [3.05, 3.63) is 41.6 Å². The molecule has 5 atom stereocenters. The minimum atomic E-state index is -4.00. The minimum absolute atomic E-state index is 0.0510. The number of rotatable bonds is 10. The molecule has 4 amide bonds. The number of hydrogen-bond acceptors (Lipinski definition) is 12. The molecule has 4 aliphatic heterocycles. The number of aromatic nitrogens is 1. The van der Waals surface area contributed by atoms with Crippen molar-refractivity contribution in [1.82, 2.24) is 30.1 Å². The molecule has 348 valence electrons. The van der Waals surface area contributed by atoms with Crippen molar-refractivity contribution in [3.63, 3.8) is 0 Å². The zero-order valence-electron chi connectivity index (χ0n) is 37.5. The fourth-order valence-corrected chi connectivity index (χ4v) is 11.5. The number of aryl methyl sites for hydroxylation is 2. The third kappa shape index (κ3) is 8.92. The number of morpholine rings is 1. The Hall–Kier alpha value is -4.48. The first-order valence-electron chi connectivity index (χ1n) is 23.6. The van der Waals surface area contributed by atoms with Crippen molar-refractivity contribution < 1.29 is 46.5 Å². The van der Waals surface area contributed by atoms with E-state index in [9.17, 15) is 22.8 Å². The molecule has 2 saturated heterocycles. The average molecular weight is 905 g/mol. The number of amides is 4. The fraction of sp³-hybridized carbons (Fsp3) is 0.681. The summed E-state index contributed by atoms with van der Waals surface area (Å²) in [5.41, 5.74) is -0.524. The summed E-state index contributed by atoms with van der Waals surface area (Å²) in [7, 11) is -4.00. The molecule has 7 aliphatic rings. The van der Waals surface area contributed by atoms with Crippen LogP contribution in [-0.4, -0.2) is 127 Å². The zero-order chi connectivity index (χ0) is 44.9. The van der Waals surface area contributed by atoms with Crippen LogP contribution in [0.5, 0.6) is 11.5 Å². The quantitative estimate of drug-likeness (QED) is 0.281. The summed E-state index contributed by atoms with van der Waals surface area (Å²) in [6, 6.07) is 3.86. The Morgan fingerprint density at radius 2 is 1.81 bits per heavy atom. The molecule has 3 N–H and O–H groups in total. The Kier molecular flexibility index (Phi) is 12.1. The molecule has 9 rings (SSSR count). The third-order valence-electron chi connectivity index (χ3n) is 15.0. The molecule has 5 heterocycles. The minimum Gasteiger partial charge on any atom is -0.492 e. The maximum Gasteiger partial charge on any atom is 0.408 e. The third-order valence-corrected chi connectivity index (χ3v) is 17.2. The predicted molar refractivity (Wildman–Crippen MR) is 237 cm³/mol. The highest BCUT2D eigenvalue weighted by molar-refractivity contribution is 7.91. The summed E-state index contributed by atoms with van der Waals surface area (Å²) in [5.74, 6) is -0.851. The van der Waals surface area contributed by atoms with Crippen molar-refractivity contribution in [1.29, 1.82) is 0 Å². The Balaban J connectivity index is 1.02. The number of benzene rings is 1. The number of hydrogen-bond donors (Lipinski definition) is 3. The number of alkyl carbamates (subject to hydrolysis) is 1. The first-order valence-corrected chi connectivity index (χ1v) is 25.1. The molecule has 17 heteroatoms. The molecule has 0 radical (unpaired) electrons. The molecule has 3 saturated carbocycles. The van der Waals surface area contributed by atoms with Crippen LogP contribution in [-0.2, 0) is 46.7 Å². The highest BCUT2D eigenvalue weighted by Crippen LogP contribution is 2.49. The van der Waals surface area contributed by atoms with E-state index in [1.165, 1.54) is 4.90 Å². The summed E-state index contributed by atoms with van der Waals surface area (Å²) in [4.78, 5) is 66.3. The van der Waals surface area contributed by atoms with Crippen LogP contribution in [0.2, 0.25) is 0 Å². The number of allylic oxidation sites excluding steroid dienone is 1. The summed E-state index contributed by atoms with van der Waals surface area (Å²) < 4.78 is 52.6. The number of ether oxygens (including phenoxy) is 4. The normalized spacial score (nSPS) is 30.5. The van der Waals surface area contributed by atoms with Crippen molar-refractivity contribution >= 4 is 44.7 Å². The molecule has 1 aromatic carbocycles. The van der Waals surface area contributed by atoms with Gasteiger partial charge in [-0.1, -0.05) is 31.9 Å². The molecule has 2 aromatic rings. The lowest BCUT2D eigenvalue weighted by Gasteiger charge is -2.38. The zero-order valence-corrected chi connectivity index (χ0v) is 38.3. The Morgan fingerprint density at radius 3 is 2.55 bits per heavy atom. The van der Waals surface area contributed by atoms with Crippen LogP contribution in [0, 0.1) is 5.92 Å². The summed E-state index contributed by atoms with van der Waals surface area (Å²) in [5, 5.41) is 6.80. The van der Waals surface area contributed by atoms with Gasteiger partial charge in [-0.25, -0.2) is 18.2 Å². The lowest BCUT2D eigenvalue weighted by atomic mass is 9.82. The first-order chi connectivity index (χ1) is 30.6. The number of nitrogens with zero attached hydrogens (tertiary/aromatic N) is 3. The van der Waals surface area contributed by atoms with Gasteiger partial charge in [-0.2, -0.15) is 0 Å². The number of carbonyl (C=O) groups is 4. The molecular weight excluding hydrogens is 841 g/mol. The second-order valence-electron chi connectivity index (χ2n) is 19.8. The molecule has 5 fully saturated rings. The van der Waals surface area contributed by atoms with Gasteiger partial charge < -0.3 is 34.5 Å². The average Bonchev–Trinajstić information content (AvgIpc) is 4.16. The van der Waals surface area contributed by atoms with Crippen LogP contribution in [0.15, 0.2) is 30.4 Å². The topological polar surface area (TPSA) is 195 Å². The number of nitrogens with one attached hydrogen (secondary N) is 3. The Morgan fingerprint density at radius 1 is 1.02 bits per heavy atom. The number of carbonyl (C=O) groups excluding carboxylic acids is 4. The lowest BCUT2D eigenvalue weighted by Crippen LogP contribution is -2.59. The molecule has 1 spiro atoms. The summed E-state index contributed by atoms with van der Waals surface area (Å²) >= 11 is 0. The van der Waals surface area contributed by atoms with E-state index in [0.29, 0.717) is 63.7 Å². The van der Waals surface area contributed by atoms with Crippen molar-refractivity contribution in [2.45, 2.75) is 151 Å². The van der Waals surface area contributed by atoms with E-state index in [1.807, 2.05) is 44.2 Å². The van der Waals surface area contributed by atoms with Gasteiger partial charge in [-0.3, -0.25) is 24.0 Å². The van der Waals surface area contributed by atoms with Gasteiger partial charge in [0.1, 0.15) is 46.9 Å². The summed E-state index contributed by atoms with van der Waals surface area (Å²) in [6.07, 6.45) is 11.8. The van der Waals surface area contributed by atoms with E-state index < -0.39 is 73.3 Å². The maximum absolute atomic E-state index is 15.0. The van der Waals surface area contributed by atoms with E-state index in [2.05, 4.69) is 20.3 Å². The lowest BCUT2D eigenvalue weighted by molar-refractivity contribution is -0.141. The van der Waals surface area contributed by atoms with E-state index in [1.54, 1.807) is 6.92 Å². The van der Waals surface area contributed by atoms with E-state index in [-0.39, 0.29) is 19.4 Å². The number of sulfonamides is 1. The smallest absolute Gasteiger partial charge is 0.408 e. The molecule has 3 aliphatic carbocycles. The maximum atomic E-state index is 15.0. The monoisotopic (exact) mass is 904 g/mol. The van der Waals surface area contributed by atoms with E-state index in [0.717, 1.165) is 92.9 Å². The van der Waals surface area contributed by atoms with Crippen LogP contribution in [0.25, 0.3) is 10.9 Å². The van der Waals surface area contributed by atoms with Crippen LogP contribution >= 0.6 is 0 Å². The van der Waals surface area contributed by atoms with Gasteiger partial charge in [0.2, 0.25) is 21.8 Å². The van der Waals surface area contributed by atoms with E-state index >= 15 is 4.79 Å². The van der Waals surface area contributed by atoms with Gasteiger partial charge in [0.25, 0.3) is 5.91 Å². The van der Waals surface area contributed by atoms with Gasteiger partial charge in [-0.05, 0) is 109 Å². The first kappa shape index (κ1) is 44.7. The van der Waals surface area contributed by atoms with Gasteiger partial charge in [0.05, 0.1) is 35.7 Å². The Labute approximate surface area is 376 Å². The van der Waals surface area contributed by atoms with Crippen molar-refractivity contribution in [2.24, 2.45) is 5.92 Å². The second-order valence-corrected chi connectivity index (χ2v) is 22.0. The molecule has 1 aromatic heterocycles. The van der Waals surface area contributed by atoms with Crippen LogP contribution in [0.3, 0.4) is 0 Å². The second kappa shape index (κ2) is 17.4. The Bertz CT molecular complexity index is 2310. The van der Waals surface area contributed by atoms with E-state index in [4.69, 9.17) is 23.9 Å². The SMILES string of the molecule is CCc1nc2ccc(OCCN3CCOCC3)cc2c2c1O[C@]1(CC2)C[C@H]2C(=O)N[C@]3(C(=O)NS(=O)(=O)C4(C)CC4)C[C@H]3/C=C\CCCCC[C@H](NC(=O)OC3(C)CCC3)C(=O)N2C1. The predicted octanol–water partition coefficient (Wildman–Crippen LogP) is 4.60. The van der Waals surface area contributed by atoms with Crippen molar-refractivity contribution in [2.75, 3.05) is 46.0 Å². The van der Waals surface area contributed by atoms with Crippen LogP contribution in [0.1, 0.15) is 115 Å². The van der Waals surface area contributed by atoms with Gasteiger partial charge >= 0.3 is 6.09 Å². The number of pyridine rings is 1. The van der Waals surface area contributed by atoms with Gasteiger partial charge in [0, 0.05) is 42.9 Å². The van der Waals surface area contributed by atoms with Gasteiger partial charge in [-0.15, -0.1) is 0 Å². The van der Waals surface area contributed by atoms with Gasteiger partial charge in [0.15, 0.2) is 0 Å². The highest BCUT2D eigenvalue weighted by atomic mass is 32.2. The summed E-state index contributed by atoms with van der Waals surface area (Å²) in [6.45, 7) is 10.1. The van der Waals surface area contributed by atoms with Crippen LogP contribution in [0.4, 0.5) is 4.79 Å².